The molecule has 5 nitrogen and oxygen atoms in total. The molecule has 0 aromatic heterocycles. The highest BCUT2D eigenvalue weighted by Crippen LogP contribution is 2.33. The van der Waals surface area contributed by atoms with Crippen molar-refractivity contribution in [2.45, 2.75) is 19.5 Å². The van der Waals surface area contributed by atoms with Gasteiger partial charge < -0.3 is 19.7 Å². The molecule has 3 rings (SSSR count). The fourth-order valence-corrected chi connectivity index (χ4v) is 2.95. The normalized spacial score (nSPS) is 13.2. The third-order valence-corrected chi connectivity index (χ3v) is 4.36. The second-order valence-corrected chi connectivity index (χ2v) is 5.93. The number of hydrogen-bond acceptors (Lipinski definition) is 3. The maximum Gasteiger partial charge on any atom is 0.317 e. The number of nitrogens with zero attached hydrogens (tertiary/aromatic N) is 1. The molecule has 0 bridgehead atoms. The van der Waals surface area contributed by atoms with E-state index in [-0.39, 0.29) is 11.8 Å². The maximum absolute atomic E-state index is 12.9. The van der Waals surface area contributed by atoms with E-state index in [9.17, 15) is 9.18 Å². The van der Waals surface area contributed by atoms with Crippen LogP contribution in [0.4, 0.5) is 9.18 Å². The molecule has 6 heteroatoms. The SMILES string of the molecule is COc1cc2c(cc1OC)CN(C(=O)NCc1ccc(F)cc1)CC2. The predicted molar refractivity (Wildman–Crippen MR) is 92.3 cm³/mol. The highest BCUT2D eigenvalue weighted by atomic mass is 19.1. The minimum Gasteiger partial charge on any atom is -0.493 e. The van der Waals surface area contributed by atoms with Gasteiger partial charge in [-0.3, -0.25) is 0 Å². The molecule has 1 aliphatic heterocycles. The zero-order chi connectivity index (χ0) is 17.8. The zero-order valence-electron chi connectivity index (χ0n) is 14.3. The van der Waals surface area contributed by atoms with Gasteiger partial charge in [0.1, 0.15) is 5.82 Å². The number of methoxy groups -OCH3 is 2. The van der Waals surface area contributed by atoms with Crippen LogP contribution >= 0.6 is 0 Å². The van der Waals surface area contributed by atoms with E-state index in [1.165, 1.54) is 17.7 Å². The van der Waals surface area contributed by atoms with Crippen molar-refractivity contribution in [3.8, 4) is 11.5 Å². The number of amides is 2. The molecule has 0 fully saturated rings. The van der Waals surface area contributed by atoms with Gasteiger partial charge in [0.25, 0.3) is 0 Å². The van der Waals surface area contributed by atoms with Crippen LogP contribution in [0.5, 0.6) is 11.5 Å². The highest BCUT2D eigenvalue weighted by molar-refractivity contribution is 5.74. The average Bonchev–Trinajstić information content (AvgIpc) is 2.65. The summed E-state index contributed by atoms with van der Waals surface area (Å²) in [4.78, 5) is 14.2. The first-order valence-electron chi connectivity index (χ1n) is 8.11. The molecule has 0 saturated heterocycles. The molecular weight excluding hydrogens is 323 g/mol. The minimum absolute atomic E-state index is 0.134. The topological polar surface area (TPSA) is 50.8 Å². The Hall–Kier alpha value is -2.76. The summed E-state index contributed by atoms with van der Waals surface area (Å²) in [5.41, 5.74) is 3.08. The van der Waals surface area contributed by atoms with E-state index in [0.29, 0.717) is 31.1 Å². The molecule has 2 aromatic rings. The lowest BCUT2D eigenvalue weighted by Gasteiger charge is -2.29. The number of ether oxygens (including phenoxy) is 2. The number of halogens is 1. The molecule has 0 unspecified atom stereocenters. The molecule has 25 heavy (non-hydrogen) atoms. The summed E-state index contributed by atoms with van der Waals surface area (Å²) in [5, 5.41) is 2.88. The van der Waals surface area contributed by atoms with Gasteiger partial charge >= 0.3 is 6.03 Å². The van der Waals surface area contributed by atoms with Crippen LogP contribution in [-0.4, -0.2) is 31.7 Å². The quantitative estimate of drug-likeness (QED) is 0.927. The van der Waals surface area contributed by atoms with Crippen LogP contribution in [0.1, 0.15) is 16.7 Å². The van der Waals surface area contributed by atoms with Gasteiger partial charge in [0.05, 0.1) is 14.2 Å². The molecule has 2 amide bonds. The number of nitrogens with one attached hydrogen (secondary N) is 1. The van der Waals surface area contributed by atoms with Crippen LogP contribution in [0.15, 0.2) is 36.4 Å². The van der Waals surface area contributed by atoms with Gasteiger partial charge in [-0.2, -0.15) is 0 Å². The molecule has 0 saturated carbocycles. The summed E-state index contributed by atoms with van der Waals surface area (Å²) in [7, 11) is 3.21. The largest absolute Gasteiger partial charge is 0.493 e. The van der Waals surface area contributed by atoms with E-state index in [2.05, 4.69) is 5.32 Å². The molecule has 0 aliphatic carbocycles. The Morgan fingerprint density at radius 1 is 1.12 bits per heavy atom. The summed E-state index contributed by atoms with van der Waals surface area (Å²) in [6, 6.07) is 9.87. The van der Waals surface area contributed by atoms with Crippen LogP contribution in [0.25, 0.3) is 0 Å². The van der Waals surface area contributed by atoms with Gasteiger partial charge in [-0.25, -0.2) is 9.18 Å². The lowest BCUT2D eigenvalue weighted by molar-refractivity contribution is 0.191. The third-order valence-electron chi connectivity index (χ3n) is 4.36. The number of hydrogen-bond donors (Lipinski definition) is 1. The highest BCUT2D eigenvalue weighted by Gasteiger charge is 2.22. The van der Waals surface area contributed by atoms with Crippen molar-refractivity contribution in [3.05, 3.63) is 58.9 Å². The minimum atomic E-state index is -0.285. The second kappa shape index (κ2) is 7.42. The molecule has 0 atom stereocenters. The first-order valence-corrected chi connectivity index (χ1v) is 8.11. The van der Waals surface area contributed by atoms with Gasteiger partial charge in [0, 0.05) is 19.6 Å². The second-order valence-electron chi connectivity index (χ2n) is 5.93. The van der Waals surface area contributed by atoms with E-state index >= 15 is 0 Å². The monoisotopic (exact) mass is 344 g/mol. The smallest absolute Gasteiger partial charge is 0.317 e. The summed E-state index contributed by atoms with van der Waals surface area (Å²) in [6.45, 7) is 1.52. The van der Waals surface area contributed by atoms with E-state index < -0.39 is 0 Å². The molecule has 1 aliphatic rings. The number of benzene rings is 2. The van der Waals surface area contributed by atoms with Crippen LogP contribution in [0.2, 0.25) is 0 Å². The first-order chi connectivity index (χ1) is 12.1. The van der Waals surface area contributed by atoms with Gasteiger partial charge in [-0.05, 0) is 47.4 Å². The van der Waals surface area contributed by atoms with Crippen molar-refractivity contribution in [3.63, 3.8) is 0 Å². The van der Waals surface area contributed by atoms with Gasteiger partial charge in [-0.1, -0.05) is 12.1 Å². The molecule has 1 heterocycles. The van der Waals surface area contributed by atoms with Crippen molar-refractivity contribution in [2.75, 3.05) is 20.8 Å². The van der Waals surface area contributed by atoms with Crippen molar-refractivity contribution in [1.29, 1.82) is 0 Å². The molecule has 132 valence electrons. The van der Waals surface area contributed by atoms with Gasteiger partial charge in [0.2, 0.25) is 0 Å². The van der Waals surface area contributed by atoms with Gasteiger partial charge in [0.15, 0.2) is 11.5 Å². The Bertz CT molecular complexity index is 762. The summed E-state index contributed by atoms with van der Waals surface area (Å²) >= 11 is 0. The fourth-order valence-electron chi connectivity index (χ4n) is 2.95. The standard InChI is InChI=1S/C19H21FN2O3/c1-24-17-9-14-7-8-22(12-15(14)10-18(17)25-2)19(23)21-11-13-3-5-16(20)6-4-13/h3-6,9-10H,7-8,11-12H2,1-2H3,(H,21,23). The fraction of sp³-hybridized carbons (Fsp3) is 0.316. The van der Waals surface area contributed by atoms with Crippen LogP contribution in [0.3, 0.4) is 0 Å². The molecular formula is C19H21FN2O3. The summed E-state index contributed by atoms with van der Waals surface area (Å²) < 4.78 is 23.6. The zero-order valence-corrected chi connectivity index (χ0v) is 14.3. The summed E-state index contributed by atoms with van der Waals surface area (Å²) in [5.74, 6) is 1.08. The lowest BCUT2D eigenvalue weighted by atomic mass is 9.99. The van der Waals surface area contributed by atoms with Crippen molar-refractivity contribution in [2.24, 2.45) is 0 Å². The average molecular weight is 344 g/mol. The van der Waals surface area contributed by atoms with E-state index in [0.717, 1.165) is 17.5 Å². The first kappa shape index (κ1) is 17.1. The molecule has 0 radical (unpaired) electrons. The van der Waals surface area contributed by atoms with Crippen LogP contribution < -0.4 is 14.8 Å². The number of urea groups is 1. The van der Waals surface area contributed by atoms with Crippen LogP contribution in [-0.2, 0) is 19.5 Å². The number of rotatable bonds is 4. The Balaban J connectivity index is 1.65. The lowest BCUT2D eigenvalue weighted by Crippen LogP contribution is -2.42. The van der Waals surface area contributed by atoms with Crippen molar-refractivity contribution < 1.29 is 18.7 Å². The van der Waals surface area contributed by atoms with E-state index in [1.54, 1.807) is 31.3 Å². The van der Waals surface area contributed by atoms with Gasteiger partial charge in [-0.15, -0.1) is 0 Å². The Morgan fingerprint density at radius 3 is 2.40 bits per heavy atom. The predicted octanol–water partition coefficient (Wildman–Crippen LogP) is 3.11. The van der Waals surface area contributed by atoms with Crippen molar-refractivity contribution >= 4 is 6.03 Å². The van der Waals surface area contributed by atoms with E-state index in [1.807, 2.05) is 12.1 Å². The van der Waals surface area contributed by atoms with E-state index in [4.69, 9.17) is 9.47 Å². The molecule has 0 spiro atoms. The Labute approximate surface area is 146 Å². The number of carbonyl (C=O) groups is 1. The molecule has 1 N–H and O–H groups in total. The Kier molecular flexibility index (Phi) is 5.07. The molecule has 2 aromatic carbocycles. The van der Waals surface area contributed by atoms with Crippen molar-refractivity contribution in [1.82, 2.24) is 10.2 Å². The number of carbonyl (C=O) groups excluding carboxylic acids is 1. The summed E-state index contributed by atoms with van der Waals surface area (Å²) in [6.07, 6.45) is 0.764. The van der Waals surface area contributed by atoms with Crippen LogP contribution in [0, 0.1) is 5.82 Å². The third kappa shape index (κ3) is 3.84. The maximum atomic E-state index is 12.9. The number of fused-ring (bicyclic) bond motifs is 1. The Morgan fingerprint density at radius 2 is 1.76 bits per heavy atom.